The van der Waals surface area contributed by atoms with Crippen LogP contribution in [0.2, 0.25) is 0 Å². The molecule has 0 aliphatic carbocycles. The Balaban J connectivity index is 2.36. The van der Waals surface area contributed by atoms with Crippen molar-refractivity contribution in [2.45, 2.75) is 40.0 Å². The average Bonchev–Trinajstić information content (AvgIpc) is 2.36. The zero-order chi connectivity index (χ0) is 13.4. The Morgan fingerprint density at radius 3 is 2.50 bits per heavy atom. The Morgan fingerprint density at radius 2 is 1.94 bits per heavy atom. The zero-order valence-corrected chi connectivity index (χ0v) is 11.5. The van der Waals surface area contributed by atoms with Crippen molar-refractivity contribution in [2.24, 2.45) is 11.1 Å². The Labute approximate surface area is 109 Å². The summed E-state index contributed by atoms with van der Waals surface area (Å²) in [6.45, 7) is 7.02. The maximum absolute atomic E-state index is 8.60. The first-order chi connectivity index (χ1) is 8.61. The number of nitrogens with zero attached hydrogens (tertiary/aromatic N) is 1. The van der Waals surface area contributed by atoms with Gasteiger partial charge >= 0.3 is 0 Å². The van der Waals surface area contributed by atoms with E-state index in [1.807, 2.05) is 24.3 Å². The third-order valence-corrected chi connectivity index (χ3v) is 2.75. The maximum Gasteiger partial charge on any atom is 0.119 e. The fourth-order valence-electron chi connectivity index (χ4n) is 1.72. The summed E-state index contributed by atoms with van der Waals surface area (Å²) in [6.07, 6.45) is 2.96. The highest BCUT2D eigenvalue weighted by Gasteiger charge is 1.99. The van der Waals surface area contributed by atoms with Crippen molar-refractivity contribution in [1.82, 2.24) is 0 Å². The second-order valence-corrected chi connectivity index (χ2v) is 5.04. The first-order valence-electron chi connectivity index (χ1n) is 6.51. The van der Waals surface area contributed by atoms with Crippen LogP contribution in [0.4, 0.5) is 0 Å². The van der Waals surface area contributed by atoms with E-state index in [9.17, 15) is 0 Å². The third kappa shape index (κ3) is 5.71. The molecule has 0 radical (unpaired) electrons. The monoisotopic (exact) mass is 249 g/mol. The molecule has 0 fully saturated rings. The van der Waals surface area contributed by atoms with E-state index in [4.69, 9.17) is 9.94 Å². The summed E-state index contributed by atoms with van der Waals surface area (Å²) in [4.78, 5) is 0. The molecular formula is C15H23NO2. The van der Waals surface area contributed by atoms with E-state index < -0.39 is 0 Å². The largest absolute Gasteiger partial charge is 0.494 e. The molecule has 0 aromatic heterocycles. The quantitative estimate of drug-likeness (QED) is 0.345. The van der Waals surface area contributed by atoms with Crippen LogP contribution in [0.1, 0.15) is 39.2 Å². The summed E-state index contributed by atoms with van der Waals surface area (Å²) in [5.74, 6) is 1.64. The van der Waals surface area contributed by atoms with Gasteiger partial charge in [0.2, 0.25) is 0 Å². The number of hydrogen-bond acceptors (Lipinski definition) is 3. The fourth-order valence-corrected chi connectivity index (χ4v) is 1.72. The van der Waals surface area contributed by atoms with Gasteiger partial charge in [0.05, 0.1) is 12.3 Å². The van der Waals surface area contributed by atoms with Crippen LogP contribution in [0.5, 0.6) is 5.75 Å². The lowest BCUT2D eigenvalue weighted by molar-refractivity contribution is 0.297. The lowest BCUT2D eigenvalue weighted by Gasteiger charge is -2.08. The summed E-state index contributed by atoms with van der Waals surface area (Å²) in [6, 6.07) is 7.95. The molecule has 0 heterocycles. The van der Waals surface area contributed by atoms with Crippen LogP contribution in [0.25, 0.3) is 0 Å². The number of benzene rings is 1. The summed E-state index contributed by atoms with van der Waals surface area (Å²) in [7, 11) is 0. The van der Waals surface area contributed by atoms with Crippen LogP contribution in [0.15, 0.2) is 29.4 Å². The standard InChI is InChI=1S/C15H23NO2/c1-12(2)5-4-10-18-15-8-6-14(7-9-15)11-13(3)16-17/h6-9,12,17H,4-5,10-11H2,1-3H3/b16-13+. The van der Waals surface area contributed by atoms with E-state index in [2.05, 4.69) is 19.0 Å². The number of hydrogen-bond donors (Lipinski definition) is 1. The van der Waals surface area contributed by atoms with Gasteiger partial charge in [0, 0.05) is 6.42 Å². The van der Waals surface area contributed by atoms with Gasteiger partial charge in [0.25, 0.3) is 0 Å². The van der Waals surface area contributed by atoms with Crippen molar-refractivity contribution in [2.75, 3.05) is 6.61 Å². The molecule has 0 aliphatic heterocycles. The van der Waals surface area contributed by atoms with E-state index in [0.29, 0.717) is 12.1 Å². The van der Waals surface area contributed by atoms with Crippen molar-refractivity contribution in [3.63, 3.8) is 0 Å². The Kier molecular flexibility index (Phi) is 6.26. The molecule has 1 aromatic carbocycles. The van der Waals surface area contributed by atoms with Crippen molar-refractivity contribution in [3.05, 3.63) is 29.8 Å². The fraction of sp³-hybridized carbons (Fsp3) is 0.533. The third-order valence-electron chi connectivity index (χ3n) is 2.75. The number of rotatable bonds is 7. The number of oxime groups is 1. The minimum atomic E-state index is 0.671. The molecule has 0 atom stereocenters. The molecule has 100 valence electrons. The molecular weight excluding hydrogens is 226 g/mol. The van der Waals surface area contributed by atoms with Gasteiger partial charge in [-0.3, -0.25) is 0 Å². The molecule has 0 saturated carbocycles. The van der Waals surface area contributed by atoms with Crippen LogP contribution >= 0.6 is 0 Å². The van der Waals surface area contributed by atoms with Gasteiger partial charge in [-0.2, -0.15) is 0 Å². The molecule has 1 rings (SSSR count). The van der Waals surface area contributed by atoms with Gasteiger partial charge in [0.15, 0.2) is 0 Å². The molecule has 1 aromatic rings. The van der Waals surface area contributed by atoms with E-state index in [1.165, 1.54) is 6.42 Å². The highest BCUT2D eigenvalue weighted by Crippen LogP contribution is 2.14. The minimum Gasteiger partial charge on any atom is -0.494 e. The molecule has 0 bridgehead atoms. The molecule has 3 nitrogen and oxygen atoms in total. The van der Waals surface area contributed by atoms with Crippen molar-refractivity contribution < 1.29 is 9.94 Å². The molecule has 0 unspecified atom stereocenters. The van der Waals surface area contributed by atoms with Crippen molar-refractivity contribution in [1.29, 1.82) is 0 Å². The summed E-state index contributed by atoms with van der Waals surface area (Å²) < 4.78 is 5.66. The predicted molar refractivity (Wildman–Crippen MR) is 74.6 cm³/mol. The van der Waals surface area contributed by atoms with Crippen molar-refractivity contribution >= 4 is 5.71 Å². The molecule has 3 heteroatoms. The summed E-state index contributed by atoms with van der Waals surface area (Å²) >= 11 is 0. The molecule has 0 spiro atoms. The first-order valence-corrected chi connectivity index (χ1v) is 6.51. The summed E-state index contributed by atoms with van der Waals surface area (Å²) in [5, 5.41) is 11.8. The molecule has 18 heavy (non-hydrogen) atoms. The van der Waals surface area contributed by atoms with Gasteiger partial charge < -0.3 is 9.94 Å². The van der Waals surface area contributed by atoms with E-state index in [-0.39, 0.29) is 0 Å². The molecule has 0 amide bonds. The maximum atomic E-state index is 8.60. The zero-order valence-electron chi connectivity index (χ0n) is 11.5. The lowest BCUT2D eigenvalue weighted by Crippen LogP contribution is -2.00. The first kappa shape index (κ1) is 14.6. The van der Waals surface area contributed by atoms with Gasteiger partial charge in [-0.05, 0) is 43.4 Å². The van der Waals surface area contributed by atoms with Crippen LogP contribution in [-0.4, -0.2) is 17.5 Å². The van der Waals surface area contributed by atoms with Gasteiger partial charge in [0.1, 0.15) is 5.75 Å². The average molecular weight is 249 g/mol. The van der Waals surface area contributed by atoms with E-state index in [0.717, 1.165) is 30.3 Å². The van der Waals surface area contributed by atoms with Gasteiger partial charge in [-0.15, -0.1) is 0 Å². The smallest absolute Gasteiger partial charge is 0.119 e. The number of ether oxygens (including phenoxy) is 1. The van der Waals surface area contributed by atoms with Crippen LogP contribution < -0.4 is 4.74 Å². The Bertz CT molecular complexity index is 369. The molecule has 0 saturated heterocycles. The van der Waals surface area contributed by atoms with Crippen LogP contribution in [-0.2, 0) is 6.42 Å². The van der Waals surface area contributed by atoms with E-state index in [1.54, 1.807) is 6.92 Å². The van der Waals surface area contributed by atoms with Crippen LogP contribution in [0.3, 0.4) is 0 Å². The highest BCUT2D eigenvalue weighted by atomic mass is 16.5. The predicted octanol–water partition coefficient (Wildman–Crippen LogP) is 3.89. The van der Waals surface area contributed by atoms with Crippen LogP contribution in [0, 0.1) is 5.92 Å². The van der Waals surface area contributed by atoms with E-state index >= 15 is 0 Å². The molecule has 0 aliphatic rings. The summed E-state index contributed by atoms with van der Waals surface area (Å²) in [5.41, 5.74) is 1.83. The second-order valence-electron chi connectivity index (χ2n) is 5.04. The van der Waals surface area contributed by atoms with Gasteiger partial charge in [-0.1, -0.05) is 31.1 Å². The second kappa shape index (κ2) is 7.75. The van der Waals surface area contributed by atoms with Gasteiger partial charge in [-0.25, -0.2) is 0 Å². The molecule has 1 N–H and O–H groups in total. The minimum absolute atomic E-state index is 0.671. The normalized spacial score (nSPS) is 11.9. The lowest BCUT2D eigenvalue weighted by atomic mass is 10.1. The Morgan fingerprint density at radius 1 is 1.28 bits per heavy atom. The highest BCUT2D eigenvalue weighted by molar-refractivity contribution is 5.83. The van der Waals surface area contributed by atoms with Crippen molar-refractivity contribution in [3.8, 4) is 5.75 Å². The Hall–Kier alpha value is -1.51. The SMILES string of the molecule is C/C(Cc1ccc(OCCCC(C)C)cc1)=N\O. The topological polar surface area (TPSA) is 41.8 Å².